The van der Waals surface area contributed by atoms with Gasteiger partial charge < -0.3 is 10.3 Å². The Morgan fingerprint density at radius 2 is 2.17 bits per heavy atom. The van der Waals surface area contributed by atoms with Crippen molar-refractivity contribution < 1.29 is 4.79 Å². The van der Waals surface area contributed by atoms with E-state index in [1.54, 1.807) is 0 Å². The van der Waals surface area contributed by atoms with E-state index in [0.717, 1.165) is 23.3 Å². The van der Waals surface area contributed by atoms with Gasteiger partial charge in [-0.1, -0.05) is 12.1 Å². The number of fused-ring (bicyclic) bond motifs is 1. The van der Waals surface area contributed by atoms with E-state index in [1.165, 1.54) is 0 Å². The molecule has 0 spiro atoms. The summed E-state index contributed by atoms with van der Waals surface area (Å²) in [5, 5.41) is 0. The second-order valence-corrected chi connectivity index (χ2v) is 4.81. The number of carbonyl (C=O) groups excluding carboxylic acids is 1. The maximum Gasteiger partial charge on any atom is 0.140 e. The van der Waals surface area contributed by atoms with Gasteiger partial charge in [0.1, 0.15) is 11.6 Å². The number of aryl methyl sites for hydroxylation is 1. The Kier molecular flexibility index (Phi) is 3.77. The SMILES string of the molecule is CC(N)CCC(=O)Cc1nc2ccccc2n1C. The van der Waals surface area contributed by atoms with Crippen molar-refractivity contribution >= 4 is 16.8 Å². The smallest absolute Gasteiger partial charge is 0.140 e. The third-order valence-electron chi connectivity index (χ3n) is 3.11. The molecular weight excluding hydrogens is 226 g/mol. The summed E-state index contributed by atoms with van der Waals surface area (Å²) in [5.41, 5.74) is 7.65. The van der Waals surface area contributed by atoms with Gasteiger partial charge in [0.15, 0.2) is 0 Å². The minimum atomic E-state index is 0.0781. The number of aromatic nitrogens is 2. The molecule has 96 valence electrons. The number of hydrogen-bond donors (Lipinski definition) is 1. The summed E-state index contributed by atoms with van der Waals surface area (Å²) in [6, 6.07) is 7.99. The molecule has 18 heavy (non-hydrogen) atoms. The van der Waals surface area contributed by atoms with E-state index in [1.807, 2.05) is 42.8 Å². The molecule has 0 aliphatic rings. The number of nitrogens with zero attached hydrogens (tertiary/aromatic N) is 2. The quantitative estimate of drug-likeness (QED) is 0.874. The maximum absolute atomic E-state index is 11.8. The fourth-order valence-corrected chi connectivity index (χ4v) is 2.01. The summed E-state index contributed by atoms with van der Waals surface area (Å²) in [5.74, 6) is 1.02. The monoisotopic (exact) mass is 245 g/mol. The van der Waals surface area contributed by atoms with Gasteiger partial charge in [0.25, 0.3) is 0 Å². The Labute approximate surface area is 107 Å². The first-order valence-electron chi connectivity index (χ1n) is 6.25. The first-order chi connectivity index (χ1) is 8.58. The lowest BCUT2D eigenvalue weighted by molar-refractivity contribution is -0.118. The number of nitrogens with two attached hydrogens (primary N) is 1. The predicted molar refractivity (Wildman–Crippen MR) is 72.3 cm³/mol. The summed E-state index contributed by atoms with van der Waals surface area (Å²) in [6.45, 7) is 1.92. The van der Waals surface area contributed by atoms with Crippen LogP contribution in [0.15, 0.2) is 24.3 Å². The highest BCUT2D eigenvalue weighted by molar-refractivity contribution is 5.82. The number of carbonyl (C=O) groups is 1. The standard InChI is InChI=1S/C14H19N3O/c1-10(15)7-8-11(18)9-14-16-12-5-3-4-6-13(12)17(14)2/h3-6,10H,7-9,15H2,1-2H3. The number of Topliss-reactive ketones (excluding diaryl/α,β-unsaturated/α-hetero) is 1. The van der Waals surface area contributed by atoms with Crippen LogP contribution < -0.4 is 5.73 Å². The highest BCUT2D eigenvalue weighted by Crippen LogP contribution is 2.15. The molecule has 4 heteroatoms. The molecule has 0 amide bonds. The zero-order valence-electron chi connectivity index (χ0n) is 10.9. The third kappa shape index (κ3) is 2.76. The second-order valence-electron chi connectivity index (χ2n) is 4.81. The molecule has 2 rings (SSSR count). The molecule has 0 saturated carbocycles. The summed E-state index contributed by atoms with van der Waals surface area (Å²) in [4.78, 5) is 16.3. The molecule has 0 bridgehead atoms. The Balaban J connectivity index is 2.12. The minimum absolute atomic E-state index is 0.0781. The third-order valence-corrected chi connectivity index (χ3v) is 3.11. The lowest BCUT2D eigenvalue weighted by atomic mass is 10.1. The number of imidazole rings is 1. The van der Waals surface area contributed by atoms with Crippen LogP contribution in [-0.2, 0) is 18.3 Å². The van der Waals surface area contributed by atoms with E-state index in [-0.39, 0.29) is 11.8 Å². The molecule has 0 aliphatic heterocycles. The molecule has 0 aliphatic carbocycles. The van der Waals surface area contributed by atoms with E-state index < -0.39 is 0 Å². The largest absolute Gasteiger partial charge is 0.331 e. The Hall–Kier alpha value is -1.68. The van der Waals surface area contributed by atoms with Gasteiger partial charge in [0.2, 0.25) is 0 Å². The van der Waals surface area contributed by atoms with Crippen molar-refractivity contribution in [2.45, 2.75) is 32.2 Å². The van der Waals surface area contributed by atoms with Gasteiger partial charge in [-0.15, -0.1) is 0 Å². The summed E-state index contributed by atoms with van der Waals surface area (Å²) in [6.07, 6.45) is 1.65. The molecule has 0 saturated heterocycles. The van der Waals surface area contributed by atoms with Crippen molar-refractivity contribution in [3.63, 3.8) is 0 Å². The fourth-order valence-electron chi connectivity index (χ4n) is 2.01. The molecule has 2 N–H and O–H groups in total. The summed E-state index contributed by atoms with van der Waals surface area (Å²) in [7, 11) is 1.95. The lowest BCUT2D eigenvalue weighted by Crippen LogP contribution is -2.17. The molecular formula is C14H19N3O. The van der Waals surface area contributed by atoms with Crippen LogP contribution in [0.5, 0.6) is 0 Å². The van der Waals surface area contributed by atoms with Gasteiger partial charge in [-0.25, -0.2) is 4.98 Å². The zero-order valence-corrected chi connectivity index (χ0v) is 10.9. The average Bonchev–Trinajstić information content (AvgIpc) is 2.65. The van der Waals surface area contributed by atoms with Crippen LogP contribution in [0.1, 0.15) is 25.6 Å². The first-order valence-corrected chi connectivity index (χ1v) is 6.25. The van der Waals surface area contributed by atoms with E-state index in [4.69, 9.17) is 5.73 Å². The summed E-state index contributed by atoms with van der Waals surface area (Å²) < 4.78 is 1.99. The van der Waals surface area contributed by atoms with Gasteiger partial charge in [0.05, 0.1) is 17.5 Å². The number of ketones is 1. The van der Waals surface area contributed by atoms with Crippen molar-refractivity contribution in [2.24, 2.45) is 12.8 Å². The molecule has 1 unspecified atom stereocenters. The van der Waals surface area contributed by atoms with Gasteiger partial charge in [-0.2, -0.15) is 0 Å². The molecule has 1 heterocycles. The van der Waals surface area contributed by atoms with Gasteiger partial charge in [-0.05, 0) is 25.5 Å². The van der Waals surface area contributed by atoms with Crippen LogP contribution >= 0.6 is 0 Å². The van der Waals surface area contributed by atoms with Crippen molar-refractivity contribution in [2.75, 3.05) is 0 Å². The highest BCUT2D eigenvalue weighted by atomic mass is 16.1. The zero-order chi connectivity index (χ0) is 13.1. The molecule has 4 nitrogen and oxygen atoms in total. The van der Waals surface area contributed by atoms with Crippen LogP contribution in [0.2, 0.25) is 0 Å². The molecule has 2 aromatic rings. The Bertz CT molecular complexity index is 557. The molecule has 0 fully saturated rings. The lowest BCUT2D eigenvalue weighted by Gasteiger charge is -2.04. The van der Waals surface area contributed by atoms with Crippen molar-refractivity contribution in [3.05, 3.63) is 30.1 Å². The number of hydrogen-bond acceptors (Lipinski definition) is 3. The van der Waals surface area contributed by atoms with E-state index in [2.05, 4.69) is 4.98 Å². The number of benzene rings is 1. The Morgan fingerprint density at radius 1 is 1.44 bits per heavy atom. The maximum atomic E-state index is 11.8. The van der Waals surface area contributed by atoms with Crippen LogP contribution in [0.25, 0.3) is 11.0 Å². The van der Waals surface area contributed by atoms with Gasteiger partial charge in [-0.3, -0.25) is 4.79 Å². The molecule has 1 aromatic carbocycles. The second kappa shape index (κ2) is 5.31. The topological polar surface area (TPSA) is 60.9 Å². The van der Waals surface area contributed by atoms with Crippen molar-refractivity contribution in [3.8, 4) is 0 Å². The highest BCUT2D eigenvalue weighted by Gasteiger charge is 2.11. The molecule has 1 atom stereocenters. The van der Waals surface area contributed by atoms with Crippen LogP contribution in [0.4, 0.5) is 0 Å². The van der Waals surface area contributed by atoms with Gasteiger partial charge in [0, 0.05) is 19.5 Å². The normalized spacial score (nSPS) is 12.8. The van der Waals surface area contributed by atoms with E-state index >= 15 is 0 Å². The average molecular weight is 245 g/mol. The number of para-hydroxylation sites is 2. The van der Waals surface area contributed by atoms with Crippen molar-refractivity contribution in [1.82, 2.24) is 9.55 Å². The summed E-state index contributed by atoms with van der Waals surface area (Å²) >= 11 is 0. The fraction of sp³-hybridized carbons (Fsp3) is 0.429. The van der Waals surface area contributed by atoms with E-state index in [0.29, 0.717) is 12.8 Å². The molecule has 0 radical (unpaired) electrons. The molecule has 1 aromatic heterocycles. The van der Waals surface area contributed by atoms with Crippen LogP contribution in [0.3, 0.4) is 0 Å². The minimum Gasteiger partial charge on any atom is -0.331 e. The van der Waals surface area contributed by atoms with Crippen LogP contribution in [-0.4, -0.2) is 21.4 Å². The van der Waals surface area contributed by atoms with Gasteiger partial charge >= 0.3 is 0 Å². The predicted octanol–water partition coefficient (Wildman–Crippen LogP) is 1.81. The van der Waals surface area contributed by atoms with E-state index in [9.17, 15) is 4.79 Å². The first kappa shape index (κ1) is 12.8. The Morgan fingerprint density at radius 3 is 2.83 bits per heavy atom. The number of rotatable bonds is 5. The van der Waals surface area contributed by atoms with Crippen molar-refractivity contribution in [1.29, 1.82) is 0 Å². The van der Waals surface area contributed by atoms with Crippen LogP contribution in [0, 0.1) is 0 Å².